The SMILES string of the molecule is O=C(O)C1CCCN1Cc1ncon1. The van der Waals surface area contributed by atoms with Gasteiger partial charge in [-0.2, -0.15) is 4.98 Å². The van der Waals surface area contributed by atoms with Gasteiger partial charge in [-0.25, -0.2) is 0 Å². The van der Waals surface area contributed by atoms with Gasteiger partial charge in [0.05, 0.1) is 6.54 Å². The van der Waals surface area contributed by atoms with Gasteiger partial charge in [0.1, 0.15) is 6.04 Å². The smallest absolute Gasteiger partial charge is 0.320 e. The Hall–Kier alpha value is -1.43. The summed E-state index contributed by atoms with van der Waals surface area (Å²) in [5.41, 5.74) is 0. The topological polar surface area (TPSA) is 79.5 Å². The maximum atomic E-state index is 10.8. The van der Waals surface area contributed by atoms with Crippen molar-refractivity contribution in [3.05, 3.63) is 12.2 Å². The average molecular weight is 197 g/mol. The van der Waals surface area contributed by atoms with E-state index >= 15 is 0 Å². The number of likely N-dealkylation sites (tertiary alicyclic amines) is 1. The second-order valence-electron chi connectivity index (χ2n) is 3.31. The number of carbonyl (C=O) groups is 1. The lowest BCUT2D eigenvalue weighted by Crippen LogP contribution is -2.35. The largest absolute Gasteiger partial charge is 0.480 e. The molecule has 0 bridgehead atoms. The minimum Gasteiger partial charge on any atom is -0.480 e. The van der Waals surface area contributed by atoms with Gasteiger partial charge in [-0.3, -0.25) is 9.69 Å². The Morgan fingerprint density at radius 1 is 1.79 bits per heavy atom. The number of hydrogen-bond acceptors (Lipinski definition) is 5. The van der Waals surface area contributed by atoms with Crippen LogP contribution >= 0.6 is 0 Å². The Bertz CT molecular complexity index is 312. The first kappa shape index (κ1) is 9.14. The van der Waals surface area contributed by atoms with E-state index in [4.69, 9.17) is 5.11 Å². The van der Waals surface area contributed by atoms with Crippen LogP contribution in [0.2, 0.25) is 0 Å². The van der Waals surface area contributed by atoms with Gasteiger partial charge < -0.3 is 9.63 Å². The summed E-state index contributed by atoms with van der Waals surface area (Å²) in [7, 11) is 0. The van der Waals surface area contributed by atoms with Crippen molar-refractivity contribution >= 4 is 5.97 Å². The fourth-order valence-corrected chi connectivity index (χ4v) is 1.74. The molecule has 0 aromatic carbocycles. The number of rotatable bonds is 3. The van der Waals surface area contributed by atoms with Gasteiger partial charge in [0.2, 0.25) is 6.39 Å². The standard InChI is InChI=1S/C8H11N3O3/c12-8(13)6-2-1-3-11(6)4-7-9-5-14-10-7/h5-6H,1-4H2,(H,12,13). The molecule has 0 saturated carbocycles. The van der Waals surface area contributed by atoms with E-state index in [1.54, 1.807) is 0 Å². The minimum absolute atomic E-state index is 0.395. The molecule has 1 fully saturated rings. The lowest BCUT2D eigenvalue weighted by Gasteiger charge is -2.18. The van der Waals surface area contributed by atoms with E-state index < -0.39 is 12.0 Å². The first-order chi connectivity index (χ1) is 6.77. The summed E-state index contributed by atoms with van der Waals surface area (Å²) < 4.78 is 4.59. The van der Waals surface area contributed by atoms with E-state index in [9.17, 15) is 4.79 Å². The van der Waals surface area contributed by atoms with Crippen molar-refractivity contribution in [3.63, 3.8) is 0 Å². The highest BCUT2D eigenvalue weighted by Crippen LogP contribution is 2.18. The molecule has 1 aromatic heterocycles. The van der Waals surface area contributed by atoms with Crippen LogP contribution < -0.4 is 0 Å². The highest BCUT2D eigenvalue weighted by Gasteiger charge is 2.30. The molecule has 1 unspecified atom stereocenters. The van der Waals surface area contributed by atoms with Crippen molar-refractivity contribution in [2.24, 2.45) is 0 Å². The quantitative estimate of drug-likeness (QED) is 0.741. The molecule has 1 aromatic rings. The molecule has 1 atom stereocenters. The van der Waals surface area contributed by atoms with Crippen molar-refractivity contribution < 1.29 is 14.4 Å². The highest BCUT2D eigenvalue weighted by molar-refractivity contribution is 5.73. The summed E-state index contributed by atoms with van der Waals surface area (Å²) in [5.74, 6) is -0.232. The maximum absolute atomic E-state index is 10.8. The number of nitrogens with zero attached hydrogens (tertiary/aromatic N) is 3. The monoisotopic (exact) mass is 197 g/mol. The Morgan fingerprint density at radius 3 is 3.29 bits per heavy atom. The molecule has 2 rings (SSSR count). The first-order valence-electron chi connectivity index (χ1n) is 4.49. The van der Waals surface area contributed by atoms with Crippen LogP contribution in [0.4, 0.5) is 0 Å². The second kappa shape index (κ2) is 3.75. The van der Waals surface area contributed by atoms with Gasteiger partial charge in [0, 0.05) is 0 Å². The first-order valence-corrected chi connectivity index (χ1v) is 4.49. The molecule has 14 heavy (non-hydrogen) atoms. The van der Waals surface area contributed by atoms with Gasteiger partial charge in [0.25, 0.3) is 0 Å². The van der Waals surface area contributed by atoms with E-state index in [1.807, 2.05) is 4.90 Å². The molecule has 6 heteroatoms. The zero-order valence-electron chi connectivity index (χ0n) is 7.59. The molecule has 1 aliphatic rings. The predicted octanol–water partition coefficient (Wildman–Crippen LogP) is 0.119. The van der Waals surface area contributed by atoms with Crippen LogP contribution in [-0.4, -0.2) is 38.7 Å². The van der Waals surface area contributed by atoms with Crippen LogP contribution in [0.5, 0.6) is 0 Å². The normalized spacial score (nSPS) is 22.7. The number of aliphatic carboxylic acids is 1. The molecule has 0 aliphatic carbocycles. The molecule has 1 saturated heterocycles. The summed E-state index contributed by atoms with van der Waals surface area (Å²) >= 11 is 0. The summed E-state index contributed by atoms with van der Waals surface area (Å²) in [6.45, 7) is 1.24. The fraction of sp³-hybridized carbons (Fsp3) is 0.625. The summed E-state index contributed by atoms with van der Waals surface area (Å²) in [6, 6.07) is -0.395. The maximum Gasteiger partial charge on any atom is 0.320 e. The van der Waals surface area contributed by atoms with E-state index in [2.05, 4.69) is 14.7 Å². The average Bonchev–Trinajstić information content (AvgIpc) is 2.75. The molecule has 76 valence electrons. The second-order valence-corrected chi connectivity index (χ2v) is 3.31. The third-order valence-corrected chi connectivity index (χ3v) is 2.40. The van der Waals surface area contributed by atoms with Gasteiger partial charge >= 0.3 is 5.97 Å². The lowest BCUT2D eigenvalue weighted by atomic mass is 10.2. The number of carboxylic acid groups (broad SMARTS) is 1. The summed E-state index contributed by atoms with van der Waals surface area (Å²) in [5, 5.41) is 12.6. The molecule has 1 N–H and O–H groups in total. The number of aromatic nitrogens is 2. The Morgan fingerprint density at radius 2 is 2.64 bits per heavy atom. The highest BCUT2D eigenvalue weighted by atomic mass is 16.5. The van der Waals surface area contributed by atoms with E-state index in [0.29, 0.717) is 18.8 Å². The molecular weight excluding hydrogens is 186 g/mol. The van der Waals surface area contributed by atoms with Crippen molar-refractivity contribution in [2.45, 2.75) is 25.4 Å². The minimum atomic E-state index is -0.772. The Labute approximate surface area is 80.5 Å². The van der Waals surface area contributed by atoms with Gasteiger partial charge in [-0.05, 0) is 19.4 Å². The van der Waals surface area contributed by atoms with Gasteiger partial charge in [0.15, 0.2) is 5.82 Å². The van der Waals surface area contributed by atoms with E-state index in [-0.39, 0.29) is 0 Å². The zero-order valence-corrected chi connectivity index (χ0v) is 7.59. The Balaban J connectivity index is 2.00. The van der Waals surface area contributed by atoms with E-state index in [0.717, 1.165) is 13.0 Å². The van der Waals surface area contributed by atoms with Crippen LogP contribution in [0.25, 0.3) is 0 Å². The van der Waals surface area contributed by atoms with E-state index in [1.165, 1.54) is 6.39 Å². The number of carboxylic acids is 1. The van der Waals surface area contributed by atoms with Crippen LogP contribution in [-0.2, 0) is 11.3 Å². The molecular formula is C8H11N3O3. The molecule has 0 amide bonds. The molecule has 2 heterocycles. The third kappa shape index (κ3) is 1.74. The lowest BCUT2D eigenvalue weighted by molar-refractivity contribution is -0.142. The number of hydrogen-bond donors (Lipinski definition) is 1. The van der Waals surface area contributed by atoms with Crippen LogP contribution in [0.15, 0.2) is 10.9 Å². The Kier molecular flexibility index (Phi) is 2.45. The van der Waals surface area contributed by atoms with Crippen molar-refractivity contribution in [2.75, 3.05) is 6.54 Å². The van der Waals surface area contributed by atoms with Crippen molar-refractivity contribution in [1.29, 1.82) is 0 Å². The molecule has 1 aliphatic heterocycles. The molecule has 0 radical (unpaired) electrons. The molecule has 0 spiro atoms. The van der Waals surface area contributed by atoms with Crippen molar-refractivity contribution in [3.8, 4) is 0 Å². The zero-order chi connectivity index (χ0) is 9.97. The van der Waals surface area contributed by atoms with Crippen LogP contribution in [0, 0.1) is 0 Å². The van der Waals surface area contributed by atoms with Crippen LogP contribution in [0.3, 0.4) is 0 Å². The van der Waals surface area contributed by atoms with Crippen LogP contribution in [0.1, 0.15) is 18.7 Å². The van der Waals surface area contributed by atoms with Gasteiger partial charge in [-0.15, -0.1) is 0 Å². The predicted molar refractivity (Wildman–Crippen MR) is 45.4 cm³/mol. The summed E-state index contributed by atoms with van der Waals surface area (Å²) in [4.78, 5) is 16.6. The van der Waals surface area contributed by atoms with Crippen molar-refractivity contribution in [1.82, 2.24) is 15.0 Å². The molecule has 6 nitrogen and oxygen atoms in total. The fourth-order valence-electron chi connectivity index (χ4n) is 1.74. The van der Waals surface area contributed by atoms with Gasteiger partial charge in [-0.1, -0.05) is 5.16 Å². The summed E-state index contributed by atoms with van der Waals surface area (Å²) in [6.07, 6.45) is 2.86. The third-order valence-electron chi connectivity index (χ3n) is 2.40.